The Balaban J connectivity index is 1.95. The van der Waals surface area contributed by atoms with Crippen molar-refractivity contribution in [1.29, 1.82) is 0 Å². The maximum absolute atomic E-state index is 14.2. The molecule has 3 N–H and O–H groups in total. The highest BCUT2D eigenvalue weighted by molar-refractivity contribution is 6.06. The predicted molar refractivity (Wildman–Crippen MR) is 93.5 cm³/mol. The molecule has 2 heterocycles. The van der Waals surface area contributed by atoms with Crippen molar-refractivity contribution in [2.45, 2.75) is 20.0 Å². The third-order valence-electron chi connectivity index (χ3n) is 3.57. The number of aromatic nitrogens is 1. The van der Waals surface area contributed by atoms with Gasteiger partial charge in [-0.05, 0) is 37.6 Å². The van der Waals surface area contributed by atoms with Crippen molar-refractivity contribution >= 4 is 28.3 Å². The predicted octanol–water partition coefficient (Wildman–Crippen LogP) is 3.06. The summed E-state index contributed by atoms with van der Waals surface area (Å²) in [7, 11) is 0. The molecule has 2 aromatic heterocycles. The largest absolute Gasteiger partial charge is 0.448 e. The summed E-state index contributed by atoms with van der Waals surface area (Å²) in [6, 6.07) is 6.30. The van der Waals surface area contributed by atoms with Gasteiger partial charge in [0.2, 0.25) is 5.76 Å². The number of aryl methyl sites for hydroxylation is 1. The van der Waals surface area contributed by atoms with Gasteiger partial charge in [-0.3, -0.25) is 14.6 Å². The molecule has 0 aliphatic carbocycles. The van der Waals surface area contributed by atoms with Crippen molar-refractivity contribution in [2.24, 2.45) is 0 Å². The van der Waals surface area contributed by atoms with Crippen molar-refractivity contribution < 1.29 is 23.5 Å². The Morgan fingerprint density at radius 3 is 2.96 bits per heavy atom. The lowest BCUT2D eigenvalue weighted by atomic mass is 10.2. The van der Waals surface area contributed by atoms with Gasteiger partial charge in [0.05, 0.1) is 17.2 Å². The molecular weight excluding hydrogens is 341 g/mol. The number of furan rings is 1. The van der Waals surface area contributed by atoms with Gasteiger partial charge in [-0.1, -0.05) is 6.07 Å². The SMILES string of the molecule is Cc1ccc(Nc2c(C(=O)NOCC(C)O)oc3ccncc23)c(F)c1. The quantitative estimate of drug-likeness (QED) is 0.585. The number of anilines is 2. The van der Waals surface area contributed by atoms with E-state index in [1.54, 1.807) is 25.1 Å². The minimum Gasteiger partial charge on any atom is -0.448 e. The van der Waals surface area contributed by atoms with Crippen LogP contribution < -0.4 is 10.8 Å². The van der Waals surface area contributed by atoms with E-state index in [0.717, 1.165) is 5.56 Å². The van der Waals surface area contributed by atoms with Crippen molar-refractivity contribution in [2.75, 3.05) is 11.9 Å². The molecule has 7 nitrogen and oxygen atoms in total. The second kappa shape index (κ2) is 7.51. The highest BCUT2D eigenvalue weighted by Gasteiger charge is 2.22. The average Bonchev–Trinajstić information content (AvgIpc) is 2.96. The molecule has 0 radical (unpaired) electrons. The second-order valence-electron chi connectivity index (χ2n) is 5.88. The lowest BCUT2D eigenvalue weighted by Crippen LogP contribution is -2.27. The number of rotatable bonds is 6. The molecule has 26 heavy (non-hydrogen) atoms. The number of nitrogens with zero attached hydrogens (tertiary/aromatic N) is 1. The minimum atomic E-state index is -0.741. The fraction of sp³-hybridized carbons (Fsp3) is 0.222. The normalized spacial score (nSPS) is 12.2. The topological polar surface area (TPSA) is 96.6 Å². The van der Waals surface area contributed by atoms with E-state index in [9.17, 15) is 14.3 Å². The first-order valence-corrected chi connectivity index (χ1v) is 7.95. The lowest BCUT2D eigenvalue weighted by Gasteiger charge is -2.10. The highest BCUT2D eigenvalue weighted by Crippen LogP contribution is 2.33. The summed E-state index contributed by atoms with van der Waals surface area (Å²) in [5, 5.41) is 12.6. The van der Waals surface area contributed by atoms with Gasteiger partial charge in [0.15, 0.2) is 0 Å². The van der Waals surface area contributed by atoms with Gasteiger partial charge in [-0.15, -0.1) is 0 Å². The first kappa shape index (κ1) is 17.8. The van der Waals surface area contributed by atoms with Crippen LogP contribution in [0.2, 0.25) is 0 Å². The Hall–Kier alpha value is -2.97. The molecular formula is C18H18FN3O4. The monoisotopic (exact) mass is 359 g/mol. The van der Waals surface area contributed by atoms with Crippen LogP contribution in [-0.2, 0) is 4.84 Å². The van der Waals surface area contributed by atoms with Crippen LogP contribution in [0.15, 0.2) is 41.1 Å². The number of fused-ring (bicyclic) bond motifs is 1. The number of nitrogens with one attached hydrogen (secondary N) is 2. The highest BCUT2D eigenvalue weighted by atomic mass is 19.1. The zero-order chi connectivity index (χ0) is 18.7. The molecule has 1 unspecified atom stereocenters. The third kappa shape index (κ3) is 3.81. The van der Waals surface area contributed by atoms with E-state index >= 15 is 0 Å². The van der Waals surface area contributed by atoms with E-state index in [1.807, 2.05) is 0 Å². The van der Waals surface area contributed by atoms with Crippen LogP contribution in [0.4, 0.5) is 15.8 Å². The van der Waals surface area contributed by atoms with Crippen molar-refractivity contribution in [3.05, 3.63) is 53.8 Å². The van der Waals surface area contributed by atoms with E-state index in [1.165, 1.54) is 25.4 Å². The molecule has 0 spiro atoms. The van der Waals surface area contributed by atoms with Crippen LogP contribution in [0.25, 0.3) is 11.0 Å². The van der Waals surface area contributed by atoms with Crippen LogP contribution in [0.1, 0.15) is 23.0 Å². The number of hydroxylamine groups is 1. The van der Waals surface area contributed by atoms with Gasteiger partial charge in [0.25, 0.3) is 0 Å². The second-order valence-corrected chi connectivity index (χ2v) is 5.88. The molecule has 3 rings (SSSR count). The number of halogens is 1. The van der Waals surface area contributed by atoms with E-state index < -0.39 is 17.8 Å². The van der Waals surface area contributed by atoms with E-state index in [0.29, 0.717) is 11.0 Å². The zero-order valence-electron chi connectivity index (χ0n) is 14.2. The number of amides is 1. The van der Waals surface area contributed by atoms with Crippen LogP contribution >= 0.6 is 0 Å². The molecule has 3 aromatic rings. The maximum Gasteiger partial charge on any atom is 0.312 e. The summed E-state index contributed by atoms with van der Waals surface area (Å²) >= 11 is 0. The minimum absolute atomic E-state index is 0.0805. The van der Waals surface area contributed by atoms with Crippen molar-refractivity contribution in [3.63, 3.8) is 0 Å². The van der Waals surface area contributed by atoms with E-state index in [-0.39, 0.29) is 23.7 Å². The number of aliphatic hydroxyl groups excluding tert-OH is 1. The summed E-state index contributed by atoms with van der Waals surface area (Å²) in [5.41, 5.74) is 3.85. The van der Waals surface area contributed by atoms with Crippen LogP contribution in [-0.4, -0.2) is 28.7 Å². The summed E-state index contributed by atoms with van der Waals surface area (Å²) < 4.78 is 19.8. The summed E-state index contributed by atoms with van der Waals surface area (Å²) in [5.74, 6) is -1.21. The Labute approximate surface area is 148 Å². The van der Waals surface area contributed by atoms with Crippen molar-refractivity contribution in [1.82, 2.24) is 10.5 Å². The van der Waals surface area contributed by atoms with Crippen LogP contribution in [0.5, 0.6) is 0 Å². The Bertz CT molecular complexity index is 939. The first-order valence-electron chi connectivity index (χ1n) is 7.95. The average molecular weight is 359 g/mol. The van der Waals surface area contributed by atoms with Crippen LogP contribution in [0, 0.1) is 12.7 Å². The van der Waals surface area contributed by atoms with Crippen LogP contribution in [0.3, 0.4) is 0 Å². The third-order valence-corrected chi connectivity index (χ3v) is 3.57. The smallest absolute Gasteiger partial charge is 0.312 e. The fourth-order valence-electron chi connectivity index (χ4n) is 2.36. The Kier molecular flexibility index (Phi) is 5.15. The standard InChI is InChI=1S/C18H18FN3O4/c1-10-3-4-14(13(19)7-10)21-16-12-8-20-6-5-15(12)26-17(16)18(24)22-25-9-11(2)23/h3-8,11,21,23H,9H2,1-2H3,(H,22,24). The van der Waals surface area contributed by atoms with Gasteiger partial charge in [-0.2, -0.15) is 0 Å². The van der Waals surface area contributed by atoms with Gasteiger partial charge >= 0.3 is 5.91 Å². The zero-order valence-corrected chi connectivity index (χ0v) is 14.2. The summed E-state index contributed by atoms with van der Waals surface area (Å²) in [6.07, 6.45) is 2.29. The molecule has 0 aliphatic heterocycles. The number of hydrogen-bond acceptors (Lipinski definition) is 6. The summed E-state index contributed by atoms with van der Waals surface area (Å²) in [4.78, 5) is 21.3. The molecule has 1 aromatic carbocycles. The van der Waals surface area contributed by atoms with Crippen molar-refractivity contribution in [3.8, 4) is 0 Å². The fourth-order valence-corrected chi connectivity index (χ4v) is 2.36. The number of carbonyl (C=O) groups excluding carboxylic acids is 1. The number of pyridine rings is 1. The lowest BCUT2D eigenvalue weighted by molar-refractivity contribution is -0.00799. The molecule has 0 aliphatic rings. The maximum atomic E-state index is 14.2. The Morgan fingerprint density at radius 2 is 2.23 bits per heavy atom. The number of benzene rings is 1. The molecule has 0 saturated carbocycles. The van der Waals surface area contributed by atoms with E-state index in [4.69, 9.17) is 9.25 Å². The number of carbonyl (C=O) groups is 1. The molecule has 0 saturated heterocycles. The molecule has 8 heteroatoms. The molecule has 0 bridgehead atoms. The van der Waals surface area contributed by atoms with Gasteiger partial charge in [0, 0.05) is 12.4 Å². The van der Waals surface area contributed by atoms with Gasteiger partial charge < -0.3 is 14.8 Å². The molecule has 136 valence electrons. The summed E-state index contributed by atoms with van der Waals surface area (Å²) in [6.45, 7) is 3.22. The molecule has 0 fully saturated rings. The molecule has 1 atom stereocenters. The number of aliphatic hydroxyl groups is 1. The van der Waals surface area contributed by atoms with E-state index in [2.05, 4.69) is 15.8 Å². The Morgan fingerprint density at radius 1 is 1.42 bits per heavy atom. The van der Waals surface area contributed by atoms with Gasteiger partial charge in [-0.25, -0.2) is 9.87 Å². The molecule has 1 amide bonds. The first-order chi connectivity index (χ1) is 12.5. The van der Waals surface area contributed by atoms with Gasteiger partial charge in [0.1, 0.15) is 23.7 Å². The number of hydrogen-bond donors (Lipinski definition) is 3.